The molecule has 1 aromatic heterocycles. The highest BCUT2D eigenvalue weighted by atomic mass is 79.9. The summed E-state index contributed by atoms with van der Waals surface area (Å²) in [5.41, 5.74) is 2.07. The number of carbonyl (C=O) groups is 1. The highest BCUT2D eigenvalue weighted by Gasteiger charge is 2.08. The third-order valence-corrected chi connectivity index (χ3v) is 3.50. The standard InChI is InChI=1S/C13H10BrClN2O/c1-8-6-10(2-3-11(8)14)17-13(18)12-7-9(15)4-5-16-12/h2-7H,1H3,(H,17,18). The Kier molecular flexibility index (Phi) is 3.99. The molecule has 0 aliphatic carbocycles. The lowest BCUT2D eigenvalue weighted by atomic mass is 10.2. The van der Waals surface area contributed by atoms with E-state index in [1.165, 1.54) is 12.3 Å². The van der Waals surface area contributed by atoms with Gasteiger partial charge < -0.3 is 5.32 Å². The van der Waals surface area contributed by atoms with Gasteiger partial charge in [-0.05, 0) is 42.8 Å². The molecular formula is C13H10BrClN2O. The third kappa shape index (κ3) is 3.09. The summed E-state index contributed by atoms with van der Waals surface area (Å²) in [4.78, 5) is 15.9. The van der Waals surface area contributed by atoms with Crippen LogP contribution in [0.25, 0.3) is 0 Å². The van der Waals surface area contributed by atoms with Crippen molar-refractivity contribution in [3.05, 3.63) is 57.3 Å². The lowest BCUT2D eigenvalue weighted by Crippen LogP contribution is -2.13. The Bertz CT molecular complexity index is 601. The number of rotatable bonds is 2. The molecule has 0 atom stereocenters. The molecule has 3 nitrogen and oxygen atoms in total. The van der Waals surface area contributed by atoms with Crippen molar-refractivity contribution < 1.29 is 4.79 Å². The van der Waals surface area contributed by atoms with Gasteiger partial charge in [-0.15, -0.1) is 0 Å². The molecular weight excluding hydrogens is 316 g/mol. The second-order valence-electron chi connectivity index (χ2n) is 3.78. The SMILES string of the molecule is Cc1cc(NC(=O)c2cc(Cl)ccn2)ccc1Br. The Morgan fingerprint density at radius 1 is 1.33 bits per heavy atom. The molecule has 0 saturated carbocycles. The van der Waals surface area contributed by atoms with Gasteiger partial charge in [-0.1, -0.05) is 27.5 Å². The van der Waals surface area contributed by atoms with Crippen LogP contribution in [0.3, 0.4) is 0 Å². The number of benzene rings is 1. The zero-order valence-electron chi connectivity index (χ0n) is 9.58. The van der Waals surface area contributed by atoms with Crippen LogP contribution in [0.4, 0.5) is 5.69 Å². The number of nitrogens with one attached hydrogen (secondary N) is 1. The fraction of sp³-hybridized carbons (Fsp3) is 0.0769. The molecule has 18 heavy (non-hydrogen) atoms. The van der Waals surface area contributed by atoms with Gasteiger partial charge in [-0.25, -0.2) is 0 Å². The molecule has 0 bridgehead atoms. The van der Waals surface area contributed by atoms with E-state index in [2.05, 4.69) is 26.2 Å². The van der Waals surface area contributed by atoms with Crippen molar-refractivity contribution in [1.29, 1.82) is 0 Å². The fourth-order valence-corrected chi connectivity index (χ4v) is 1.85. The van der Waals surface area contributed by atoms with Crippen LogP contribution in [0, 0.1) is 6.92 Å². The number of pyridine rings is 1. The lowest BCUT2D eigenvalue weighted by molar-refractivity contribution is 0.102. The Morgan fingerprint density at radius 3 is 2.78 bits per heavy atom. The first-order valence-corrected chi connectivity index (χ1v) is 6.42. The summed E-state index contributed by atoms with van der Waals surface area (Å²) in [6.45, 7) is 1.96. The van der Waals surface area contributed by atoms with Crippen LogP contribution < -0.4 is 5.32 Å². The molecule has 0 aliphatic heterocycles. The molecule has 0 fully saturated rings. The highest BCUT2D eigenvalue weighted by molar-refractivity contribution is 9.10. The number of amides is 1. The summed E-state index contributed by atoms with van der Waals surface area (Å²) in [6.07, 6.45) is 1.50. The molecule has 1 heterocycles. The molecule has 1 aromatic carbocycles. The first-order chi connectivity index (χ1) is 8.56. The smallest absolute Gasteiger partial charge is 0.274 e. The van der Waals surface area contributed by atoms with Gasteiger partial charge in [-0.3, -0.25) is 9.78 Å². The molecule has 92 valence electrons. The molecule has 5 heteroatoms. The van der Waals surface area contributed by atoms with Gasteiger partial charge in [0.2, 0.25) is 0 Å². The molecule has 2 aromatic rings. The van der Waals surface area contributed by atoms with Gasteiger partial charge in [-0.2, -0.15) is 0 Å². The van der Waals surface area contributed by atoms with Crippen molar-refractivity contribution in [2.75, 3.05) is 5.32 Å². The van der Waals surface area contributed by atoms with Gasteiger partial charge in [0.15, 0.2) is 0 Å². The molecule has 2 rings (SSSR count). The van der Waals surface area contributed by atoms with Crippen LogP contribution in [-0.4, -0.2) is 10.9 Å². The number of carbonyl (C=O) groups excluding carboxylic acids is 1. The molecule has 0 radical (unpaired) electrons. The van der Waals surface area contributed by atoms with Crippen LogP contribution in [0.2, 0.25) is 5.02 Å². The Hall–Kier alpha value is -1.39. The highest BCUT2D eigenvalue weighted by Crippen LogP contribution is 2.20. The van der Waals surface area contributed by atoms with Gasteiger partial charge in [0, 0.05) is 21.4 Å². The summed E-state index contributed by atoms with van der Waals surface area (Å²) >= 11 is 9.22. The third-order valence-electron chi connectivity index (χ3n) is 2.37. The van der Waals surface area contributed by atoms with E-state index in [1.54, 1.807) is 6.07 Å². The summed E-state index contributed by atoms with van der Waals surface area (Å²) in [5, 5.41) is 3.26. The van der Waals surface area contributed by atoms with E-state index >= 15 is 0 Å². The zero-order valence-corrected chi connectivity index (χ0v) is 11.9. The largest absolute Gasteiger partial charge is 0.321 e. The maximum Gasteiger partial charge on any atom is 0.274 e. The van der Waals surface area contributed by atoms with E-state index in [9.17, 15) is 4.79 Å². The predicted octanol–water partition coefficient (Wildman–Crippen LogP) is 4.06. The minimum Gasteiger partial charge on any atom is -0.321 e. The van der Waals surface area contributed by atoms with E-state index in [0.717, 1.165) is 15.7 Å². The van der Waals surface area contributed by atoms with E-state index in [4.69, 9.17) is 11.6 Å². The van der Waals surface area contributed by atoms with Gasteiger partial charge >= 0.3 is 0 Å². The zero-order chi connectivity index (χ0) is 13.1. The number of hydrogen-bond acceptors (Lipinski definition) is 2. The van der Waals surface area contributed by atoms with Gasteiger partial charge in [0.05, 0.1) is 0 Å². The second kappa shape index (κ2) is 5.50. The topological polar surface area (TPSA) is 42.0 Å². The summed E-state index contributed by atoms with van der Waals surface area (Å²) in [7, 11) is 0. The average molecular weight is 326 g/mol. The minimum atomic E-state index is -0.278. The van der Waals surface area contributed by atoms with Crippen LogP contribution in [0.15, 0.2) is 41.0 Å². The number of halogens is 2. The maximum absolute atomic E-state index is 11.9. The van der Waals surface area contributed by atoms with Crippen molar-refractivity contribution in [2.24, 2.45) is 0 Å². The number of anilines is 1. The van der Waals surface area contributed by atoms with E-state index in [0.29, 0.717) is 10.7 Å². The van der Waals surface area contributed by atoms with Crippen LogP contribution in [0.1, 0.15) is 16.1 Å². The molecule has 1 N–H and O–H groups in total. The molecule has 1 amide bonds. The van der Waals surface area contributed by atoms with Gasteiger partial charge in [0.1, 0.15) is 5.69 Å². The van der Waals surface area contributed by atoms with Crippen LogP contribution >= 0.6 is 27.5 Å². The first-order valence-electron chi connectivity index (χ1n) is 5.25. The van der Waals surface area contributed by atoms with Crippen molar-refractivity contribution in [1.82, 2.24) is 4.98 Å². The second-order valence-corrected chi connectivity index (χ2v) is 5.07. The van der Waals surface area contributed by atoms with Crippen LogP contribution in [-0.2, 0) is 0 Å². The number of aromatic nitrogens is 1. The van der Waals surface area contributed by atoms with Crippen molar-refractivity contribution in [2.45, 2.75) is 6.92 Å². The van der Waals surface area contributed by atoms with Gasteiger partial charge in [0.25, 0.3) is 5.91 Å². The normalized spacial score (nSPS) is 10.2. The number of hydrogen-bond donors (Lipinski definition) is 1. The summed E-state index contributed by atoms with van der Waals surface area (Å²) in [6, 6.07) is 8.74. The summed E-state index contributed by atoms with van der Waals surface area (Å²) < 4.78 is 1.00. The van der Waals surface area contributed by atoms with E-state index in [1.807, 2.05) is 25.1 Å². The summed E-state index contributed by atoms with van der Waals surface area (Å²) in [5.74, 6) is -0.278. The molecule has 0 unspecified atom stereocenters. The van der Waals surface area contributed by atoms with Crippen molar-refractivity contribution >= 4 is 39.1 Å². The van der Waals surface area contributed by atoms with Crippen LogP contribution in [0.5, 0.6) is 0 Å². The van der Waals surface area contributed by atoms with E-state index < -0.39 is 0 Å². The predicted molar refractivity (Wildman–Crippen MR) is 76.1 cm³/mol. The van der Waals surface area contributed by atoms with E-state index in [-0.39, 0.29) is 5.91 Å². The lowest BCUT2D eigenvalue weighted by Gasteiger charge is -2.06. The van der Waals surface area contributed by atoms with Crippen molar-refractivity contribution in [3.63, 3.8) is 0 Å². The monoisotopic (exact) mass is 324 g/mol. The Balaban J connectivity index is 2.18. The molecule has 0 aliphatic rings. The quantitative estimate of drug-likeness (QED) is 0.905. The average Bonchev–Trinajstić information content (AvgIpc) is 2.34. The minimum absolute atomic E-state index is 0.278. The Morgan fingerprint density at radius 2 is 2.11 bits per heavy atom. The molecule has 0 saturated heterocycles. The Labute approximate surface area is 118 Å². The fourth-order valence-electron chi connectivity index (χ4n) is 1.45. The first kappa shape index (κ1) is 13.1. The number of nitrogens with zero attached hydrogens (tertiary/aromatic N) is 1. The number of aryl methyl sites for hydroxylation is 1. The molecule has 0 spiro atoms. The van der Waals surface area contributed by atoms with Crippen molar-refractivity contribution in [3.8, 4) is 0 Å². The maximum atomic E-state index is 11.9.